The van der Waals surface area contributed by atoms with Crippen LogP contribution in [0.4, 0.5) is 11.9 Å². The second-order valence-corrected chi connectivity index (χ2v) is 4.81. The number of nitrogens with two attached hydrogens (primary N) is 1. The van der Waals surface area contributed by atoms with E-state index in [-0.39, 0.29) is 5.95 Å². The Morgan fingerprint density at radius 1 is 1.26 bits per heavy atom. The molecule has 0 aliphatic carbocycles. The van der Waals surface area contributed by atoms with Crippen molar-refractivity contribution in [2.45, 2.75) is 24.2 Å². The van der Waals surface area contributed by atoms with Gasteiger partial charge in [-0.3, -0.25) is 0 Å². The van der Waals surface area contributed by atoms with E-state index in [4.69, 9.17) is 5.73 Å². The van der Waals surface area contributed by atoms with E-state index >= 15 is 0 Å². The molecule has 0 saturated carbocycles. The van der Waals surface area contributed by atoms with Gasteiger partial charge in [-0.05, 0) is 25.6 Å². The van der Waals surface area contributed by atoms with Crippen molar-refractivity contribution in [3.05, 3.63) is 12.4 Å². The lowest BCUT2D eigenvalue weighted by Crippen LogP contribution is -2.25. The summed E-state index contributed by atoms with van der Waals surface area (Å²) in [6, 6.07) is 0. The molecule has 0 fully saturated rings. The van der Waals surface area contributed by atoms with Crippen molar-refractivity contribution in [1.29, 1.82) is 0 Å². The maximum absolute atomic E-state index is 5.74. The minimum atomic E-state index is 0.230. The first-order valence-corrected chi connectivity index (χ1v) is 6.87. The number of nitrogen functional groups attached to an aromatic ring is 1. The van der Waals surface area contributed by atoms with Gasteiger partial charge in [-0.2, -0.15) is 15.0 Å². The van der Waals surface area contributed by atoms with Crippen LogP contribution in [0.3, 0.4) is 0 Å². The van der Waals surface area contributed by atoms with Gasteiger partial charge in [0.15, 0.2) is 5.16 Å². The van der Waals surface area contributed by atoms with E-state index in [2.05, 4.69) is 33.8 Å². The summed E-state index contributed by atoms with van der Waals surface area (Å²) < 4.78 is 1.90. The molecule has 0 aliphatic heterocycles. The molecule has 2 heterocycles. The molecule has 7 nitrogen and oxygen atoms in total. The van der Waals surface area contributed by atoms with Gasteiger partial charge in [-0.1, -0.05) is 0 Å². The highest BCUT2D eigenvalue weighted by Crippen LogP contribution is 2.24. The highest BCUT2D eigenvalue weighted by molar-refractivity contribution is 7.99. The van der Waals surface area contributed by atoms with Crippen LogP contribution in [0.25, 0.3) is 0 Å². The van der Waals surface area contributed by atoms with Crippen LogP contribution >= 0.6 is 11.8 Å². The summed E-state index contributed by atoms with van der Waals surface area (Å²) in [5, 5.41) is 1.37. The van der Waals surface area contributed by atoms with Crippen LogP contribution in [0.1, 0.15) is 13.8 Å². The number of rotatable bonds is 5. The van der Waals surface area contributed by atoms with Crippen molar-refractivity contribution in [1.82, 2.24) is 24.5 Å². The topological polar surface area (TPSA) is 85.8 Å². The molecule has 0 bridgehead atoms. The summed E-state index contributed by atoms with van der Waals surface area (Å²) in [6.45, 7) is 5.75. The monoisotopic (exact) mass is 279 g/mol. The van der Waals surface area contributed by atoms with Crippen molar-refractivity contribution in [3.8, 4) is 0 Å². The van der Waals surface area contributed by atoms with Crippen molar-refractivity contribution in [2.75, 3.05) is 23.7 Å². The molecule has 0 unspecified atom stereocenters. The summed E-state index contributed by atoms with van der Waals surface area (Å²) in [6.07, 6.45) is 3.61. The summed E-state index contributed by atoms with van der Waals surface area (Å²) in [5.41, 5.74) is 5.74. The molecule has 102 valence electrons. The Hall–Kier alpha value is -1.83. The van der Waals surface area contributed by atoms with E-state index in [0.717, 1.165) is 18.2 Å². The van der Waals surface area contributed by atoms with Gasteiger partial charge in [-0.25, -0.2) is 4.98 Å². The highest BCUT2D eigenvalue weighted by Gasteiger charge is 2.12. The number of imidazole rings is 1. The van der Waals surface area contributed by atoms with Gasteiger partial charge in [0.1, 0.15) is 0 Å². The quantitative estimate of drug-likeness (QED) is 0.879. The van der Waals surface area contributed by atoms with Gasteiger partial charge in [0, 0.05) is 32.5 Å². The Bertz CT molecular complexity index is 550. The molecule has 19 heavy (non-hydrogen) atoms. The molecule has 0 radical (unpaired) electrons. The Labute approximate surface area is 116 Å². The smallest absolute Gasteiger partial charge is 0.231 e. The van der Waals surface area contributed by atoms with Gasteiger partial charge >= 0.3 is 0 Å². The molecule has 0 atom stereocenters. The summed E-state index contributed by atoms with van der Waals surface area (Å²) >= 11 is 1.37. The van der Waals surface area contributed by atoms with Crippen molar-refractivity contribution in [2.24, 2.45) is 7.05 Å². The molecule has 0 aromatic carbocycles. The first-order valence-electron chi connectivity index (χ1n) is 6.05. The van der Waals surface area contributed by atoms with E-state index in [0.29, 0.717) is 11.1 Å². The van der Waals surface area contributed by atoms with Crippen LogP contribution < -0.4 is 10.6 Å². The third-order valence-corrected chi connectivity index (χ3v) is 3.57. The zero-order valence-corrected chi connectivity index (χ0v) is 12.1. The minimum absolute atomic E-state index is 0.230. The molecule has 0 spiro atoms. The lowest BCUT2D eigenvalue weighted by Gasteiger charge is -2.18. The molecule has 0 aliphatic rings. The maximum atomic E-state index is 5.74. The lowest BCUT2D eigenvalue weighted by atomic mass is 10.5. The first kappa shape index (κ1) is 13.6. The second-order valence-electron chi connectivity index (χ2n) is 3.87. The molecule has 8 heteroatoms. The third kappa shape index (κ3) is 3.14. The normalized spacial score (nSPS) is 10.7. The zero-order valence-electron chi connectivity index (χ0n) is 11.2. The predicted molar refractivity (Wildman–Crippen MR) is 75.1 cm³/mol. The van der Waals surface area contributed by atoms with Crippen LogP contribution in [-0.4, -0.2) is 37.6 Å². The van der Waals surface area contributed by atoms with Crippen molar-refractivity contribution < 1.29 is 0 Å². The number of nitrogens with zero attached hydrogens (tertiary/aromatic N) is 6. The number of aryl methyl sites for hydroxylation is 1. The average molecular weight is 279 g/mol. The Morgan fingerprint density at radius 2 is 2.00 bits per heavy atom. The van der Waals surface area contributed by atoms with Gasteiger partial charge < -0.3 is 15.2 Å². The third-order valence-electron chi connectivity index (χ3n) is 2.63. The van der Waals surface area contributed by atoms with Crippen LogP contribution in [-0.2, 0) is 7.05 Å². The maximum Gasteiger partial charge on any atom is 0.231 e. The Balaban J connectivity index is 2.29. The fourth-order valence-electron chi connectivity index (χ4n) is 1.59. The largest absolute Gasteiger partial charge is 0.368 e. The fourth-order valence-corrected chi connectivity index (χ4v) is 2.33. The van der Waals surface area contributed by atoms with E-state index in [9.17, 15) is 0 Å². The van der Waals surface area contributed by atoms with Gasteiger partial charge in [-0.15, -0.1) is 0 Å². The number of hydrogen-bond acceptors (Lipinski definition) is 7. The SMILES string of the molecule is CCN(CC)c1nc(N)nc(Sc2nccn2C)n1. The first-order chi connectivity index (χ1) is 9.13. The number of aromatic nitrogens is 5. The van der Waals surface area contributed by atoms with E-state index in [1.54, 1.807) is 6.20 Å². The molecular weight excluding hydrogens is 262 g/mol. The fraction of sp³-hybridized carbons (Fsp3) is 0.455. The molecule has 2 aromatic heterocycles. The Morgan fingerprint density at radius 3 is 2.58 bits per heavy atom. The van der Waals surface area contributed by atoms with Crippen LogP contribution in [0, 0.1) is 0 Å². The standard InChI is InChI=1S/C11H17N7S/c1-4-18(5-2)9-14-8(12)15-10(16-9)19-11-13-6-7-17(11)3/h6-7H,4-5H2,1-3H3,(H2,12,14,15,16). The average Bonchev–Trinajstić information content (AvgIpc) is 2.76. The Kier molecular flexibility index (Phi) is 4.20. The van der Waals surface area contributed by atoms with Crippen molar-refractivity contribution >= 4 is 23.7 Å². The number of anilines is 2. The van der Waals surface area contributed by atoms with Gasteiger partial charge in [0.2, 0.25) is 17.1 Å². The molecule has 2 N–H and O–H groups in total. The lowest BCUT2D eigenvalue weighted by molar-refractivity contribution is 0.771. The number of hydrogen-bond donors (Lipinski definition) is 1. The van der Waals surface area contributed by atoms with Crippen LogP contribution in [0.15, 0.2) is 22.7 Å². The molecule has 2 aromatic rings. The molecular formula is C11H17N7S. The summed E-state index contributed by atoms with van der Waals surface area (Å²) in [7, 11) is 1.92. The van der Waals surface area contributed by atoms with E-state index in [1.165, 1.54) is 11.8 Å². The van der Waals surface area contributed by atoms with Gasteiger partial charge in [0.25, 0.3) is 0 Å². The zero-order chi connectivity index (χ0) is 13.8. The predicted octanol–water partition coefficient (Wildman–Crippen LogP) is 1.18. The summed E-state index contributed by atoms with van der Waals surface area (Å²) in [5.74, 6) is 0.836. The van der Waals surface area contributed by atoms with Crippen molar-refractivity contribution in [3.63, 3.8) is 0 Å². The molecule has 0 saturated heterocycles. The molecule has 2 rings (SSSR count). The minimum Gasteiger partial charge on any atom is -0.368 e. The van der Waals surface area contributed by atoms with Gasteiger partial charge in [0.05, 0.1) is 0 Å². The van der Waals surface area contributed by atoms with Crippen LogP contribution in [0.5, 0.6) is 0 Å². The van der Waals surface area contributed by atoms with E-state index in [1.807, 2.05) is 22.7 Å². The van der Waals surface area contributed by atoms with E-state index < -0.39 is 0 Å². The highest BCUT2D eigenvalue weighted by atomic mass is 32.2. The van der Waals surface area contributed by atoms with Crippen LogP contribution in [0.2, 0.25) is 0 Å². The second kappa shape index (κ2) is 5.87. The summed E-state index contributed by atoms with van der Waals surface area (Å²) in [4.78, 5) is 19.0. The molecule has 0 amide bonds.